The number of hydrogen-bond donors (Lipinski definition) is 1. The van der Waals surface area contributed by atoms with Crippen molar-refractivity contribution in [1.29, 1.82) is 0 Å². The normalized spacial score (nSPS) is 18.9. The summed E-state index contributed by atoms with van der Waals surface area (Å²) in [5.74, 6) is 1.08. The van der Waals surface area contributed by atoms with E-state index < -0.39 is 15.9 Å². The number of furan rings is 1. The Kier molecular flexibility index (Phi) is 6.27. The van der Waals surface area contributed by atoms with Crippen LogP contribution in [0.15, 0.2) is 62.3 Å². The molecule has 2 unspecified atom stereocenters. The molecule has 1 amide bonds. The van der Waals surface area contributed by atoms with Gasteiger partial charge in [0.1, 0.15) is 0 Å². The van der Waals surface area contributed by atoms with Gasteiger partial charge in [0.15, 0.2) is 17.1 Å². The number of amides is 1. The van der Waals surface area contributed by atoms with Gasteiger partial charge in [-0.05, 0) is 54.7 Å². The maximum Gasteiger partial charge on any atom is 0.322 e. The van der Waals surface area contributed by atoms with Crippen LogP contribution in [0, 0.1) is 11.8 Å². The maximum absolute atomic E-state index is 13.1. The number of anilines is 1. The first kappa shape index (κ1) is 24.0. The van der Waals surface area contributed by atoms with E-state index in [0.717, 1.165) is 11.8 Å². The van der Waals surface area contributed by atoms with E-state index in [4.69, 9.17) is 13.6 Å². The van der Waals surface area contributed by atoms with E-state index in [9.17, 15) is 13.2 Å². The van der Waals surface area contributed by atoms with Gasteiger partial charge in [-0.2, -0.15) is 4.31 Å². The second-order valence-electron chi connectivity index (χ2n) is 9.15. The minimum Gasteiger partial charge on any atom is -0.493 e. The molecule has 4 aromatic rings. The summed E-state index contributed by atoms with van der Waals surface area (Å²) in [6.07, 6.45) is 1.01. The minimum atomic E-state index is -3.63. The van der Waals surface area contributed by atoms with Gasteiger partial charge >= 0.3 is 6.01 Å². The lowest BCUT2D eigenvalue weighted by molar-refractivity contribution is 0.102. The van der Waals surface area contributed by atoms with Gasteiger partial charge in [-0.1, -0.05) is 31.1 Å². The molecular formula is C25H26N4O6S. The number of para-hydroxylation sites is 1. The van der Waals surface area contributed by atoms with Crippen molar-refractivity contribution in [3.63, 3.8) is 0 Å². The molecule has 2 atom stereocenters. The van der Waals surface area contributed by atoms with Gasteiger partial charge in [-0.15, -0.1) is 5.10 Å². The Labute approximate surface area is 208 Å². The van der Waals surface area contributed by atoms with Gasteiger partial charge in [0, 0.05) is 24.0 Å². The van der Waals surface area contributed by atoms with Crippen LogP contribution < -0.4 is 10.1 Å². The molecule has 0 saturated carbocycles. The molecule has 1 aliphatic heterocycles. The topological polar surface area (TPSA) is 128 Å². The van der Waals surface area contributed by atoms with Crippen LogP contribution in [0.4, 0.5) is 6.01 Å². The Bertz CT molecular complexity index is 1500. The van der Waals surface area contributed by atoms with E-state index in [1.807, 2.05) is 12.1 Å². The molecule has 1 aliphatic rings. The minimum absolute atomic E-state index is 0.0926. The lowest BCUT2D eigenvalue weighted by Gasteiger charge is -2.34. The van der Waals surface area contributed by atoms with Gasteiger partial charge in [0.2, 0.25) is 10.0 Å². The fraction of sp³-hybridized carbons (Fsp3) is 0.320. The van der Waals surface area contributed by atoms with Crippen molar-refractivity contribution >= 4 is 32.9 Å². The fourth-order valence-corrected chi connectivity index (χ4v) is 6.25. The summed E-state index contributed by atoms with van der Waals surface area (Å²) in [5.41, 5.74) is 0.796. The summed E-state index contributed by atoms with van der Waals surface area (Å²) in [7, 11) is -2.08. The second kappa shape index (κ2) is 9.40. The van der Waals surface area contributed by atoms with Crippen LogP contribution in [-0.2, 0) is 10.0 Å². The van der Waals surface area contributed by atoms with Gasteiger partial charge in [-0.25, -0.2) is 8.42 Å². The van der Waals surface area contributed by atoms with E-state index in [-0.39, 0.29) is 22.4 Å². The molecule has 1 saturated heterocycles. The molecule has 3 heterocycles. The quantitative estimate of drug-likeness (QED) is 0.404. The Morgan fingerprint density at radius 2 is 1.78 bits per heavy atom. The van der Waals surface area contributed by atoms with Gasteiger partial charge in [0.25, 0.3) is 11.8 Å². The Balaban J connectivity index is 1.29. The predicted molar refractivity (Wildman–Crippen MR) is 132 cm³/mol. The molecule has 0 spiro atoms. The zero-order valence-corrected chi connectivity index (χ0v) is 20.9. The van der Waals surface area contributed by atoms with Gasteiger partial charge in [0.05, 0.1) is 12.0 Å². The van der Waals surface area contributed by atoms with Crippen LogP contribution in [0.3, 0.4) is 0 Å². The highest BCUT2D eigenvalue weighted by Crippen LogP contribution is 2.33. The molecule has 2 aromatic carbocycles. The van der Waals surface area contributed by atoms with Crippen LogP contribution >= 0.6 is 0 Å². The SMILES string of the molecule is COc1cccc2cc(-c3nnc(NC(=O)c4ccc(S(=O)(=O)N5CC(C)CC(C)C5)cc4)o3)oc12. The molecule has 10 nitrogen and oxygen atoms in total. The van der Waals surface area contributed by atoms with E-state index >= 15 is 0 Å². The first-order valence-corrected chi connectivity index (χ1v) is 13.0. The first-order chi connectivity index (χ1) is 17.2. The predicted octanol–water partition coefficient (Wildman–Crippen LogP) is 4.41. The molecule has 1 N–H and O–H groups in total. The summed E-state index contributed by atoms with van der Waals surface area (Å²) < 4.78 is 44.3. The lowest BCUT2D eigenvalue weighted by Crippen LogP contribution is -2.42. The number of nitrogens with one attached hydrogen (secondary N) is 1. The summed E-state index contributed by atoms with van der Waals surface area (Å²) in [4.78, 5) is 12.8. The number of piperidine rings is 1. The van der Waals surface area contributed by atoms with Crippen molar-refractivity contribution in [3.8, 4) is 17.4 Å². The number of rotatable bonds is 6. The third kappa shape index (κ3) is 4.59. The van der Waals surface area contributed by atoms with Gasteiger partial charge < -0.3 is 13.6 Å². The fourth-order valence-electron chi connectivity index (χ4n) is 4.57. The number of methoxy groups -OCH3 is 1. The van der Waals surface area contributed by atoms with Gasteiger partial charge in [-0.3, -0.25) is 10.1 Å². The highest BCUT2D eigenvalue weighted by atomic mass is 32.2. The number of nitrogens with zero attached hydrogens (tertiary/aromatic N) is 3. The van der Waals surface area contributed by atoms with Crippen LogP contribution in [-0.4, -0.2) is 49.0 Å². The number of aromatic nitrogens is 2. The number of benzene rings is 2. The standard InChI is InChI=1S/C25H26N4O6S/c1-15-11-16(2)14-29(13-15)36(31,32)19-9-7-17(8-10-19)23(30)26-25-28-27-24(35-25)21-12-18-5-4-6-20(33-3)22(18)34-21/h4-10,12,15-16H,11,13-14H2,1-3H3,(H,26,28,30). The Hall–Kier alpha value is -3.70. The largest absolute Gasteiger partial charge is 0.493 e. The summed E-state index contributed by atoms with van der Waals surface area (Å²) in [5, 5.41) is 11.1. The van der Waals surface area contributed by atoms with Crippen LogP contribution in [0.1, 0.15) is 30.6 Å². The van der Waals surface area contributed by atoms with Crippen molar-refractivity contribution in [2.75, 3.05) is 25.5 Å². The second-order valence-corrected chi connectivity index (χ2v) is 11.1. The molecule has 0 radical (unpaired) electrons. The Morgan fingerprint density at radius 1 is 1.06 bits per heavy atom. The molecule has 0 aliphatic carbocycles. The molecule has 5 rings (SSSR count). The first-order valence-electron chi connectivity index (χ1n) is 11.6. The summed E-state index contributed by atoms with van der Waals surface area (Å²) >= 11 is 0. The van der Waals surface area contributed by atoms with E-state index in [1.54, 1.807) is 19.2 Å². The maximum atomic E-state index is 13.1. The van der Waals surface area contributed by atoms with Crippen LogP contribution in [0.2, 0.25) is 0 Å². The number of sulfonamides is 1. The van der Waals surface area contributed by atoms with Crippen molar-refractivity contribution in [2.45, 2.75) is 25.2 Å². The smallest absolute Gasteiger partial charge is 0.322 e. The molecule has 1 fully saturated rings. The Morgan fingerprint density at radius 3 is 2.47 bits per heavy atom. The molecule has 11 heteroatoms. The number of ether oxygens (including phenoxy) is 1. The van der Waals surface area contributed by atoms with E-state index in [1.165, 1.54) is 28.6 Å². The molecule has 188 valence electrons. The third-order valence-corrected chi connectivity index (χ3v) is 8.02. The van der Waals surface area contributed by atoms with Crippen molar-refractivity contribution in [3.05, 3.63) is 54.1 Å². The highest BCUT2D eigenvalue weighted by Gasteiger charge is 2.31. The van der Waals surface area contributed by atoms with Crippen LogP contribution in [0.25, 0.3) is 22.6 Å². The average Bonchev–Trinajstić information content (AvgIpc) is 3.50. The molecule has 36 heavy (non-hydrogen) atoms. The summed E-state index contributed by atoms with van der Waals surface area (Å²) in [6.45, 7) is 5.10. The summed E-state index contributed by atoms with van der Waals surface area (Å²) in [6, 6.07) is 12.9. The number of hydrogen-bond acceptors (Lipinski definition) is 8. The highest BCUT2D eigenvalue weighted by molar-refractivity contribution is 7.89. The monoisotopic (exact) mass is 510 g/mol. The number of carbonyl (C=O) groups excluding carboxylic acids is 1. The van der Waals surface area contributed by atoms with E-state index in [2.05, 4.69) is 29.4 Å². The number of fused-ring (bicyclic) bond motifs is 1. The zero-order valence-electron chi connectivity index (χ0n) is 20.1. The van der Waals surface area contributed by atoms with Crippen molar-refractivity contribution < 1.29 is 26.8 Å². The average molecular weight is 511 g/mol. The molecular weight excluding hydrogens is 484 g/mol. The zero-order chi connectivity index (χ0) is 25.4. The molecule has 0 bridgehead atoms. The lowest BCUT2D eigenvalue weighted by atomic mass is 9.94. The van der Waals surface area contributed by atoms with Crippen LogP contribution in [0.5, 0.6) is 5.75 Å². The third-order valence-electron chi connectivity index (χ3n) is 6.17. The van der Waals surface area contributed by atoms with Crippen molar-refractivity contribution in [1.82, 2.24) is 14.5 Å². The van der Waals surface area contributed by atoms with E-state index in [0.29, 0.717) is 42.0 Å². The number of carbonyl (C=O) groups is 1. The molecule has 2 aromatic heterocycles. The van der Waals surface area contributed by atoms with Crippen molar-refractivity contribution in [2.24, 2.45) is 11.8 Å².